The Labute approximate surface area is 289 Å². The minimum atomic E-state index is -0.497. The number of pyridine rings is 1. The third-order valence-corrected chi connectivity index (χ3v) is 8.41. The summed E-state index contributed by atoms with van der Waals surface area (Å²) in [4.78, 5) is 16.3. The Hall–Kier alpha value is -6.48. The molecule has 50 heavy (non-hydrogen) atoms. The molecule has 9 nitrogen and oxygen atoms in total. The smallest absolute Gasteiger partial charge is 0.411 e. The van der Waals surface area contributed by atoms with Gasteiger partial charge in [-0.3, -0.25) is 10.3 Å². The fraction of sp³-hybridized carbons (Fsp3) is 0.122. The molecule has 0 atom stereocenters. The van der Waals surface area contributed by atoms with Crippen molar-refractivity contribution in [3.05, 3.63) is 132 Å². The van der Waals surface area contributed by atoms with E-state index in [1.807, 2.05) is 111 Å². The number of anilines is 2. The van der Waals surface area contributed by atoms with Crippen molar-refractivity contribution in [1.82, 2.24) is 4.98 Å². The number of methoxy groups -OCH3 is 2. The van der Waals surface area contributed by atoms with E-state index in [2.05, 4.69) is 10.3 Å². The fourth-order valence-corrected chi connectivity index (χ4v) is 5.68. The van der Waals surface area contributed by atoms with Crippen molar-refractivity contribution in [1.29, 1.82) is 0 Å². The molecule has 0 unspecified atom stereocenters. The van der Waals surface area contributed by atoms with Crippen LogP contribution in [0.15, 0.2) is 115 Å². The number of hydrogen-bond acceptors (Lipinski definition) is 8. The van der Waals surface area contributed by atoms with E-state index in [0.717, 1.165) is 60.6 Å². The Morgan fingerprint density at radius 3 is 2.20 bits per heavy atom. The second kappa shape index (κ2) is 14.7. The van der Waals surface area contributed by atoms with Crippen molar-refractivity contribution in [3.8, 4) is 28.7 Å². The van der Waals surface area contributed by atoms with E-state index in [9.17, 15) is 9.90 Å². The number of ether oxygens (including phenoxy) is 4. The summed E-state index contributed by atoms with van der Waals surface area (Å²) < 4.78 is 22.2. The van der Waals surface area contributed by atoms with Gasteiger partial charge in [-0.05, 0) is 101 Å². The molecule has 0 saturated heterocycles. The third kappa shape index (κ3) is 7.32. The first-order valence-electron chi connectivity index (χ1n) is 15.9. The maximum absolute atomic E-state index is 11.9. The monoisotopic (exact) mass is 667 g/mol. The lowest BCUT2D eigenvalue weighted by atomic mass is 10.0. The molecular formula is C41H37N3O6. The van der Waals surface area contributed by atoms with E-state index in [1.165, 1.54) is 0 Å². The zero-order valence-corrected chi connectivity index (χ0v) is 28.2. The molecule has 7 rings (SSSR count). The van der Waals surface area contributed by atoms with Crippen LogP contribution < -0.4 is 25.3 Å². The Morgan fingerprint density at radius 2 is 1.42 bits per heavy atom. The molecule has 0 aliphatic rings. The van der Waals surface area contributed by atoms with Crippen LogP contribution in [0.3, 0.4) is 0 Å². The third-order valence-electron chi connectivity index (χ3n) is 8.41. The standard InChI is InChI=1S/C22H20N2O3.C19H17NO3/c1-13-16-6-5-15(23)10-14(16)4-7-19(13)27-20-8-9-24-18-12-22(26-3)21(25-2)11-17(18)20;1-13-17-9-8-16(11-15(17)7-10-18(13)21)20-19(22)23-12-14-5-3-2-4-6-14/h4-12H,23H2,1-3H3;2-11,21H,12H2,1H3,(H,20,22). The van der Waals surface area contributed by atoms with Gasteiger partial charge in [-0.15, -0.1) is 0 Å². The summed E-state index contributed by atoms with van der Waals surface area (Å²) >= 11 is 0. The van der Waals surface area contributed by atoms with Crippen LogP contribution in [0.2, 0.25) is 0 Å². The Morgan fingerprint density at radius 1 is 0.720 bits per heavy atom. The number of fused-ring (bicyclic) bond motifs is 3. The summed E-state index contributed by atoms with van der Waals surface area (Å²) in [5, 5.41) is 17.4. The van der Waals surface area contributed by atoms with Crippen molar-refractivity contribution < 1.29 is 28.8 Å². The number of nitrogens with zero attached hydrogens (tertiary/aromatic N) is 1. The van der Waals surface area contributed by atoms with Crippen molar-refractivity contribution in [2.24, 2.45) is 0 Å². The summed E-state index contributed by atoms with van der Waals surface area (Å²) in [5.41, 5.74) is 10.9. The predicted octanol–water partition coefficient (Wildman–Crippen LogP) is 9.69. The van der Waals surface area contributed by atoms with Crippen molar-refractivity contribution in [2.45, 2.75) is 20.5 Å². The Kier molecular flexibility index (Phi) is 9.85. The number of carbonyl (C=O) groups is 1. The molecule has 0 aliphatic heterocycles. The SMILES string of the molecule is COc1cc2nccc(Oc3ccc4cc(N)ccc4c3C)c2cc1OC.Cc1c(O)ccc2cc(NC(=O)OCc3ccccc3)ccc12. The fourth-order valence-electron chi connectivity index (χ4n) is 5.68. The largest absolute Gasteiger partial charge is 0.508 e. The number of rotatable bonds is 7. The summed E-state index contributed by atoms with van der Waals surface area (Å²) in [6, 6.07) is 33.9. The van der Waals surface area contributed by atoms with Gasteiger partial charge in [-0.1, -0.05) is 54.6 Å². The van der Waals surface area contributed by atoms with Crippen LogP contribution in [-0.4, -0.2) is 30.4 Å². The predicted molar refractivity (Wildman–Crippen MR) is 199 cm³/mol. The number of phenols is 1. The highest BCUT2D eigenvalue weighted by Crippen LogP contribution is 2.38. The number of phenolic OH excluding ortho intramolecular Hbond substituents is 1. The van der Waals surface area contributed by atoms with Gasteiger partial charge in [0, 0.05) is 29.0 Å². The molecule has 1 amide bonds. The van der Waals surface area contributed by atoms with Gasteiger partial charge in [-0.25, -0.2) is 4.79 Å². The van der Waals surface area contributed by atoms with Crippen LogP contribution in [-0.2, 0) is 11.3 Å². The molecule has 4 N–H and O–H groups in total. The highest BCUT2D eigenvalue weighted by molar-refractivity contribution is 5.94. The van der Waals surface area contributed by atoms with E-state index in [4.69, 9.17) is 24.7 Å². The van der Waals surface area contributed by atoms with Crippen LogP contribution in [0.25, 0.3) is 32.4 Å². The normalized spacial score (nSPS) is 10.7. The number of aryl methyl sites for hydroxylation is 2. The molecule has 0 aliphatic carbocycles. The Balaban J connectivity index is 0.000000175. The number of aromatic nitrogens is 1. The first-order valence-corrected chi connectivity index (χ1v) is 15.9. The molecule has 0 bridgehead atoms. The Bertz CT molecular complexity index is 2330. The molecule has 0 saturated carbocycles. The van der Waals surface area contributed by atoms with Gasteiger partial charge in [0.15, 0.2) is 11.5 Å². The van der Waals surface area contributed by atoms with Gasteiger partial charge >= 0.3 is 6.09 Å². The first kappa shape index (κ1) is 33.4. The number of hydrogen-bond donors (Lipinski definition) is 3. The number of carbonyl (C=O) groups excluding carboxylic acids is 1. The first-order chi connectivity index (χ1) is 24.2. The number of aromatic hydroxyl groups is 1. The van der Waals surface area contributed by atoms with E-state index < -0.39 is 6.09 Å². The van der Waals surface area contributed by atoms with Crippen molar-refractivity contribution in [3.63, 3.8) is 0 Å². The quantitative estimate of drug-likeness (QED) is 0.144. The molecule has 0 fully saturated rings. The number of nitrogens with one attached hydrogen (secondary N) is 1. The van der Waals surface area contributed by atoms with Gasteiger partial charge in [0.1, 0.15) is 23.9 Å². The maximum Gasteiger partial charge on any atom is 0.411 e. The van der Waals surface area contributed by atoms with Crippen molar-refractivity contribution in [2.75, 3.05) is 25.3 Å². The minimum Gasteiger partial charge on any atom is -0.508 e. The molecule has 1 heterocycles. The highest BCUT2D eigenvalue weighted by atomic mass is 16.5. The van der Waals surface area contributed by atoms with E-state index in [0.29, 0.717) is 22.9 Å². The summed E-state index contributed by atoms with van der Waals surface area (Å²) in [5.74, 6) is 3.02. The van der Waals surface area contributed by atoms with Crippen LogP contribution in [0, 0.1) is 13.8 Å². The van der Waals surface area contributed by atoms with Crippen LogP contribution in [0.1, 0.15) is 16.7 Å². The zero-order valence-electron chi connectivity index (χ0n) is 28.2. The minimum absolute atomic E-state index is 0.229. The van der Waals surface area contributed by atoms with Crippen molar-refractivity contribution >= 4 is 49.9 Å². The molecule has 9 heteroatoms. The highest BCUT2D eigenvalue weighted by Gasteiger charge is 2.13. The summed E-state index contributed by atoms with van der Waals surface area (Å²) in [6.07, 6.45) is 1.23. The average molecular weight is 668 g/mol. The summed E-state index contributed by atoms with van der Waals surface area (Å²) in [6.45, 7) is 4.13. The van der Waals surface area contributed by atoms with Gasteiger partial charge in [-0.2, -0.15) is 0 Å². The lowest BCUT2D eigenvalue weighted by molar-refractivity contribution is 0.155. The zero-order chi connectivity index (χ0) is 35.2. The number of nitrogens with two attached hydrogens (primary N) is 1. The van der Waals surface area contributed by atoms with Crippen LogP contribution in [0.5, 0.6) is 28.7 Å². The van der Waals surface area contributed by atoms with E-state index >= 15 is 0 Å². The summed E-state index contributed by atoms with van der Waals surface area (Å²) in [7, 11) is 3.22. The second-order valence-electron chi connectivity index (χ2n) is 11.6. The molecule has 1 aromatic heterocycles. The molecule has 252 valence electrons. The maximum atomic E-state index is 11.9. The number of benzene rings is 6. The topological polar surface area (TPSA) is 125 Å². The second-order valence-corrected chi connectivity index (χ2v) is 11.6. The van der Waals surface area contributed by atoms with Gasteiger partial charge in [0.25, 0.3) is 0 Å². The molecule has 0 spiro atoms. The molecule has 6 aromatic carbocycles. The lowest BCUT2D eigenvalue weighted by Crippen LogP contribution is -2.13. The number of nitrogen functional groups attached to an aromatic ring is 1. The van der Waals surface area contributed by atoms with Crippen LogP contribution in [0.4, 0.5) is 16.2 Å². The average Bonchev–Trinajstić information content (AvgIpc) is 3.13. The van der Waals surface area contributed by atoms with E-state index in [-0.39, 0.29) is 12.4 Å². The van der Waals surface area contributed by atoms with E-state index in [1.54, 1.807) is 32.5 Å². The lowest BCUT2D eigenvalue weighted by Gasteiger charge is -2.14. The molecular weight excluding hydrogens is 630 g/mol. The molecule has 0 radical (unpaired) electrons. The van der Waals surface area contributed by atoms with Crippen LogP contribution >= 0.6 is 0 Å². The van der Waals surface area contributed by atoms with Gasteiger partial charge in [0.2, 0.25) is 0 Å². The van der Waals surface area contributed by atoms with Gasteiger partial charge < -0.3 is 29.8 Å². The molecule has 7 aromatic rings. The van der Waals surface area contributed by atoms with Gasteiger partial charge in [0.05, 0.1) is 19.7 Å². The number of amides is 1.